The van der Waals surface area contributed by atoms with Gasteiger partial charge in [0, 0.05) is 19.8 Å². The Labute approximate surface area is 112 Å². The van der Waals surface area contributed by atoms with Gasteiger partial charge in [-0.25, -0.2) is 0 Å². The number of hydrogen-bond acceptors (Lipinski definition) is 5. The summed E-state index contributed by atoms with van der Waals surface area (Å²) in [5.74, 6) is -0.122. The molecule has 0 radical (unpaired) electrons. The molecule has 0 unspecified atom stereocenters. The summed E-state index contributed by atoms with van der Waals surface area (Å²) in [6.45, 7) is 2.38. The lowest BCUT2D eigenvalue weighted by molar-refractivity contribution is -0.143. The molecule has 0 aliphatic carbocycles. The molecule has 0 aliphatic heterocycles. The summed E-state index contributed by atoms with van der Waals surface area (Å²) >= 11 is 0. The van der Waals surface area contributed by atoms with Crippen molar-refractivity contribution >= 4 is 11.9 Å². The second-order valence-electron chi connectivity index (χ2n) is 3.86. The highest BCUT2D eigenvalue weighted by Gasteiger charge is 2.17. The highest BCUT2D eigenvalue weighted by atomic mass is 16.5. The Morgan fingerprint density at radius 2 is 2.16 bits per heavy atom. The van der Waals surface area contributed by atoms with Crippen LogP contribution in [-0.4, -0.2) is 49.1 Å². The third kappa shape index (κ3) is 4.24. The first-order valence-corrected chi connectivity index (χ1v) is 5.99. The van der Waals surface area contributed by atoms with Crippen LogP contribution in [0.25, 0.3) is 0 Å². The number of aromatic nitrogens is 1. The highest BCUT2D eigenvalue weighted by molar-refractivity contribution is 5.96. The molecule has 0 aromatic carbocycles. The van der Waals surface area contributed by atoms with Gasteiger partial charge in [-0.05, 0) is 13.0 Å². The van der Waals surface area contributed by atoms with Crippen molar-refractivity contribution in [1.29, 1.82) is 0 Å². The van der Waals surface area contributed by atoms with Crippen LogP contribution in [-0.2, 0) is 9.53 Å². The van der Waals surface area contributed by atoms with Gasteiger partial charge in [0.25, 0.3) is 5.91 Å². The summed E-state index contributed by atoms with van der Waals surface area (Å²) in [5.41, 5.74) is 0.420. The van der Waals surface area contributed by atoms with Gasteiger partial charge < -0.3 is 14.4 Å². The first kappa shape index (κ1) is 14.9. The minimum absolute atomic E-state index is 0.170. The minimum Gasteiger partial charge on any atom is -0.494 e. The Hall–Kier alpha value is -2.11. The summed E-state index contributed by atoms with van der Waals surface area (Å²) in [6.07, 6.45) is 3.17. The van der Waals surface area contributed by atoms with Crippen LogP contribution in [0.5, 0.6) is 5.75 Å². The van der Waals surface area contributed by atoms with Gasteiger partial charge in [-0.2, -0.15) is 0 Å². The monoisotopic (exact) mass is 266 g/mol. The molecule has 0 saturated heterocycles. The largest absolute Gasteiger partial charge is 0.494 e. The Morgan fingerprint density at radius 1 is 1.42 bits per heavy atom. The Morgan fingerprint density at radius 3 is 2.79 bits per heavy atom. The van der Waals surface area contributed by atoms with E-state index in [2.05, 4.69) is 4.98 Å². The Bertz CT molecular complexity index is 448. The van der Waals surface area contributed by atoms with Crippen LogP contribution in [0, 0.1) is 0 Å². The third-order valence-corrected chi connectivity index (χ3v) is 2.54. The van der Waals surface area contributed by atoms with E-state index in [1.165, 1.54) is 24.4 Å². The average Bonchev–Trinajstić information content (AvgIpc) is 2.44. The van der Waals surface area contributed by atoms with Crippen LogP contribution in [0.2, 0.25) is 0 Å². The lowest BCUT2D eigenvalue weighted by atomic mass is 10.2. The molecule has 1 aromatic heterocycles. The summed E-state index contributed by atoms with van der Waals surface area (Å²) < 4.78 is 9.89. The highest BCUT2D eigenvalue weighted by Crippen LogP contribution is 2.17. The van der Waals surface area contributed by atoms with Gasteiger partial charge in [0.2, 0.25) is 0 Å². The molecule has 0 bridgehead atoms. The van der Waals surface area contributed by atoms with Crippen molar-refractivity contribution in [2.24, 2.45) is 0 Å². The summed E-state index contributed by atoms with van der Waals surface area (Å²) in [7, 11) is 3.10. The van der Waals surface area contributed by atoms with Gasteiger partial charge in [0.05, 0.1) is 31.9 Å². The molecular formula is C13H18N2O4. The van der Waals surface area contributed by atoms with Crippen LogP contribution in [0.4, 0.5) is 0 Å². The molecule has 19 heavy (non-hydrogen) atoms. The van der Waals surface area contributed by atoms with Crippen LogP contribution in [0.3, 0.4) is 0 Å². The number of amides is 1. The zero-order valence-corrected chi connectivity index (χ0v) is 11.4. The fourth-order valence-electron chi connectivity index (χ4n) is 1.52. The van der Waals surface area contributed by atoms with E-state index in [4.69, 9.17) is 9.47 Å². The number of pyridine rings is 1. The van der Waals surface area contributed by atoms with Crippen molar-refractivity contribution in [3.8, 4) is 5.75 Å². The maximum Gasteiger partial charge on any atom is 0.307 e. The Kier molecular flexibility index (Phi) is 5.78. The summed E-state index contributed by atoms with van der Waals surface area (Å²) in [5, 5.41) is 0. The average molecular weight is 266 g/mol. The van der Waals surface area contributed by atoms with Crippen LogP contribution in [0.15, 0.2) is 18.5 Å². The fraction of sp³-hybridized carbons (Fsp3) is 0.462. The third-order valence-electron chi connectivity index (χ3n) is 2.54. The summed E-state index contributed by atoms with van der Waals surface area (Å²) in [4.78, 5) is 28.7. The topological polar surface area (TPSA) is 68.7 Å². The molecule has 0 N–H and O–H groups in total. The standard InChI is InChI=1S/C13H18N2O4/c1-4-19-12(16)6-8-15(2)13(17)10-5-7-14-9-11(10)18-3/h5,7,9H,4,6,8H2,1-3H3. The van der Waals surface area contributed by atoms with E-state index in [1.807, 2.05) is 0 Å². The molecule has 104 valence electrons. The molecule has 0 atom stereocenters. The molecular weight excluding hydrogens is 248 g/mol. The van der Waals surface area contributed by atoms with E-state index >= 15 is 0 Å². The number of ether oxygens (including phenoxy) is 2. The number of rotatable bonds is 6. The minimum atomic E-state index is -0.316. The SMILES string of the molecule is CCOC(=O)CCN(C)C(=O)c1ccncc1OC. The second kappa shape index (κ2) is 7.35. The van der Waals surface area contributed by atoms with Crippen LogP contribution < -0.4 is 4.74 Å². The number of nitrogens with zero attached hydrogens (tertiary/aromatic N) is 2. The molecule has 1 amide bonds. The number of hydrogen-bond donors (Lipinski definition) is 0. The van der Waals surface area contributed by atoms with E-state index in [9.17, 15) is 9.59 Å². The van der Waals surface area contributed by atoms with Crippen molar-refractivity contribution < 1.29 is 19.1 Å². The normalized spacial score (nSPS) is 9.84. The van der Waals surface area contributed by atoms with E-state index in [0.29, 0.717) is 24.5 Å². The lowest BCUT2D eigenvalue weighted by Gasteiger charge is -2.17. The molecule has 0 saturated carbocycles. The van der Waals surface area contributed by atoms with E-state index < -0.39 is 0 Å². The van der Waals surface area contributed by atoms with Gasteiger partial charge in [0.1, 0.15) is 5.75 Å². The first-order valence-electron chi connectivity index (χ1n) is 5.99. The Balaban J connectivity index is 2.64. The molecule has 0 aliphatic rings. The van der Waals surface area contributed by atoms with E-state index in [0.717, 1.165) is 0 Å². The first-order chi connectivity index (χ1) is 9.10. The zero-order chi connectivity index (χ0) is 14.3. The molecule has 6 heteroatoms. The van der Waals surface area contributed by atoms with Crippen LogP contribution in [0.1, 0.15) is 23.7 Å². The predicted molar refractivity (Wildman–Crippen MR) is 69.0 cm³/mol. The molecule has 0 fully saturated rings. The second-order valence-corrected chi connectivity index (χ2v) is 3.86. The molecule has 0 spiro atoms. The van der Waals surface area contributed by atoms with Crippen molar-refractivity contribution in [3.05, 3.63) is 24.0 Å². The van der Waals surface area contributed by atoms with Crippen molar-refractivity contribution in [2.45, 2.75) is 13.3 Å². The van der Waals surface area contributed by atoms with Crippen LogP contribution >= 0.6 is 0 Å². The smallest absolute Gasteiger partial charge is 0.307 e. The zero-order valence-electron chi connectivity index (χ0n) is 11.4. The van der Waals surface area contributed by atoms with Crippen molar-refractivity contribution in [3.63, 3.8) is 0 Å². The molecule has 6 nitrogen and oxygen atoms in total. The van der Waals surface area contributed by atoms with Gasteiger partial charge in [-0.1, -0.05) is 0 Å². The number of carbonyl (C=O) groups excluding carboxylic acids is 2. The fourth-order valence-corrected chi connectivity index (χ4v) is 1.52. The molecule has 1 heterocycles. The van der Waals surface area contributed by atoms with Crippen molar-refractivity contribution in [2.75, 3.05) is 27.3 Å². The number of carbonyl (C=O) groups is 2. The lowest BCUT2D eigenvalue weighted by Crippen LogP contribution is -2.29. The maximum absolute atomic E-state index is 12.2. The number of esters is 1. The number of methoxy groups -OCH3 is 1. The quantitative estimate of drug-likeness (QED) is 0.722. The molecule has 1 aromatic rings. The van der Waals surface area contributed by atoms with E-state index in [1.54, 1.807) is 20.0 Å². The van der Waals surface area contributed by atoms with E-state index in [-0.39, 0.29) is 18.3 Å². The predicted octanol–water partition coefficient (Wildman–Crippen LogP) is 1.12. The van der Waals surface area contributed by atoms with Gasteiger partial charge in [-0.15, -0.1) is 0 Å². The van der Waals surface area contributed by atoms with Gasteiger partial charge >= 0.3 is 5.97 Å². The van der Waals surface area contributed by atoms with Gasteiger partial charge in [0.15, 0.2) is 0 Å². The summed E-state index contributed by atoms with van der Waals surface area (Å²) in [6, 6.07) is 1.59. The molecule has 1 rings (SSSR count). The van der Waals surface area contributed by atoms with Gasteiger partial charge in [-0.3, -0.25) is 14.6 Å². The van der Waals surface area contributed by atoms with Crippen molar-refractivity contribution in [1.82, 2.24) is 9.88 Å². The maximum atomic E-state index is 12.2.